The van der Waals surface area contributed by atoms with Crippen LogP contribution in [0.1, 0.15) is 33.1 Å². The van der Waals surface area contributed by atoms with Crippen molar-refractivity contribution in [2.75, 3.05) is 59.3 Å². The molecule has 0 radical (unpaired) electrons. The molecule has 8 heteroatoms. The first-order valence-electron chi connectivity index (χ1n) is 10.8. The number of amides is 1. The lowest BCUT2D eigenvalue weighted by Crippen LogP contribution is -2.43. The van der Waals surface area contributed by atoms with Gasteiger partial charge in [-0.1, -0.05) is 0 Å². The summed E-state index contributed by atoms with van der Waals surface area (Å²) in [6.07, 6.45) is 2.93. The molecule has 8 nitrogen and oxygen atoms in total. The van der Waals surface area contributed by atoms with Gasteiger partial charge in [0.05, 0.1) is 19.8 Å². The zero-order valence-electron chi connectivity index (χ0n) is 19.0. The summed E-state index contributed by atoms with van der Waals surface area (Å²) in [6.45, 7) is 7.89. The van der Waals surface area contributed by atoms with Crippen molar-refractivity contribution in [2.24, 2.45) is 4.99 Å². The minimum atomic E-state index is 0.0201. The third-order valence-electron chi connectivity index (χ3n) is 5.03. The molecule has 0 spiro atoms. The number of carbonyl (C=O) groups is 1. The van der Waals surface area contributed by atoms with Crippen molar-refractivity contribution in [1.82, 2.24) is 15.1 Å². The van der Waals surface area contributed by atoms with E-state index in [9.17, 15) is 4.79 Å². The second-order valence-corrected chi connectivity index (χ2v) is 7.46. The zero-order chi connectivity index (χ0) is 21.9. The smallest absolute Gasteiger partial charge is 0.239 e. The van der Waals surface area contributed by atoms with Gasteiger partial charge in [-0.2, -0.15) is 0 Å². The average molecular weight is 420 g/mol. The molecule has 0 aromatic heterocycles. The highest BCUT2D eigenvalue weighted by molar-refractivity contribution is 5.93. The lowest BCUT2D eigenvalue weighted by atomic mass is 10.2. The molecular formula is C22H37N5O3. The minimum Gasteiger partial charge on any atom is -0.493 e. The quantitative estimate of drug-likeness (QED) is 0.345. The molecule has 1 aliphatic heterocycles. The molecule has 1 atom stereocenters. The van der Waals surface area contributed by atoms with Gasteiger partial charge >= 0.3 is 0 Å². The Balaban J connectivity index is 1.92. The van der Waals surface area contributed by atoms with Crippen LogP contribution in [0.2, 0.25) is 0 Å². The molecule has 30 heavy (non-hydrogen) atoms. The maximum atomic E-state index is 12.3. The van der Waals surface area contributed by atoms with Gasteiger partial charge in [0.25, 0.3) is 0 Å². The summed E-state index contributed by atoms with van der Waals surface area (Å²) in [4.78, 5) is 21.0. The van der Waals surface area contributed by atoms with Crippen LogP contribution in [-0.4, -0.2) is 81.7 Å². The Hall–Kier alpha value is -2.48. The third kappa shape index (κ3) is 6.79. The number of rotatable bonds is 10. The Morgan fingerprint density at radius 2 is 2.10 bits per heavy atom. The number of carbonyl (C=O) groups excluding carboxylic acids is 1. The largest absolute Gasteiger partial charge is 0.493 e. The molecule has 1 saturated heterocycles. The van der Waals surface area contributed by atoms with Gasteiger partial charge in [0.15, 0.2) is 17.5 Å². The summed E-state index contributed by atoms with van der Waals surface area (Å²) in [6, 6.07) is 5.76. The van der Waals surface area contributed by atoms with Gasteiger partial charge in [-0.15, -0.1) is 0 Å². The Kier molecular flexibility index (Phi) is 9.73. The van der Waals surface area contributed by atoms with Crippen LogP contribution in [-0.2, 0) is 4.79 Å². The van der Waals surface area contributed by atoms with Crippen molar-refractivity contribution in [3.05, 3.63) is 18.2 Å². The first-order valence-corrected chi connectivity index (χ1v) is 10.8. The minimum absolute atomic E-state index is 0.0201. The SMILES string of the molecule is CCNC(=NCCCN1CCCC1C(=O)N(C)C)Nc1ccc(OCC)c(OC)c1. The lowest BCUT2D eigenvalue weighted by molar-refractivity contribution is -0.133. The lowest BCUT2D eigenvalue weighted by Gasteiger charge is -2.25. The Bertz CT molecular complexity index is 708. The molecule has 0 aliphatic carbocycles. The van der Waals surface area contributed by atoms with Gasteiger partial charge in [-0.25, -0.2) is 0 Å². The predicted molar refractivity (Wildman–Crippen MR) is 122 cm³/mol. The van der Waals surface area contributed by atoms with Crippen molar-refractivity contribution >= 4 is 17.6 Å². The maximum Gasteiger partial charge on any atom is 0.239 e. The van der Waals surface area contributed by atoms with Crippen molar-refractivity contribution in [3.8, 4) is 11.5 Å². The topological polar surface area (TPSA) is 78.4 Å². The molecule has 0 bridgehead atoms. The fourth-order valence-electron chi connectivity index (χ4n) is 3.60. The number of nitrogens with one attached hydrogen (secondary N) is 2. The van der Waals surface area contributed by atoms with Crippen molar-refractivity contribution in [1.29, 1.82) is 0 Å². The van der Waals surface area contributed by atoms with Crippen LogP contribution in [0.3, 0.4) is 0 Å². The van der Waals surface area contributed by atoms with Crippen LogP contribution in [0.25, 0.3) is 0 Å². The van der Waals surface area contributed by atoms with Crippen LogP contribution in [0, 0.1) is 0 Å². The monoisotopic (exact) mass is 419 g/mol. The number of nitrogens with zero attached hydrogens (tertiary/aromatic N) is 3. The van der Waals surface area contributed by atoms with E-state index >= 15 is 0 Å². The fourth-order valence-corrected chi connectivity index (χ4v) is 3.60. The molecule has 1 aliphatic rings. The molecule has 168 valence electrons. The van der Waals surface area contributed by atoms with Crippen LogP contribution in [0.4, 0.5) is 5.69 Å². The second-order valence-electron chi connectivity index (χ2n) is 7.46. The van der Waals surface area contributed by atoms with Crippen LogP contribution in [0.15, 0.2) is 23.2 Å². The number of aliphatic imine (C=N–C) groups is 1. The van der Waals surface area contributed by atoms with Gasteiger partial charge in [-0.3, -0.25) is 14.7 Å². The molecule has 1 aromatic rings. The van der Waals surface area contributed by atoms with Gasteiger partial charge in [0.1, 0.15) is 0 Å². The first kappa shape index (κ1) is 23.8. The summed E-state index contributed by atoms with van der Waals surface area (Å²) in [7, 11) is 5.29. The Labute approximate surface area is 180 Å². The number of guanidine groups is 1. The van der Waals surface area contributed by atoms with E-state index in [0.29, 0.717) is 18.9 Å². The third-order valence-corrected chi connectivity index (χ3v) is 5.03. The van der Waals surface area contributed by atoms with E-state index in [1.54, 1.807) is 12.0 Å². The van der Waals surface area contributed by atoms with Gasteiger partial charge in [0, 0.05) is 45.5 Å². The number of hydrogen-bond acceptors (Lipinski definition) is 5. The average Bonchev–Trinajstić information content (AvgIpc) is 3.20. The van der Waals surface area contributed by atoms with E-state index in [4.69, 9.17) is 9.47 Å². The first-order chi connectivity index (χ1) is 14.5. The summed E-state index contributed by atoms with van der Waals surface area (Å²) >= 11 is 0. The van der Waals surface area contributed by atoms with E-state index in [0.717, 1.165) is 56.3 Å². The highest BCUT2D eigenvalue weighted by Gasteiger charge is 2.30. The number of hydrogen-bond donors (Lipinski definition) is 2. The van der Waals surface area contributed by atoms with Crippen molar-refractivity contribution in [2.45, 2.75) is 39.2 Å². The Morgan fingerprint density at radius 1 is 1.30 bits per heavy atom. The van der Waals surface area contributed by atoms with E-state index in [-0.39, 0.29) is 11.9 Å². The summed E-state index contributed by atoms with van der Waals surface area (Å²) in [5, 5.41) is 6.59. The van der Waals surface area contributed by atoms with Crippen molar-refractivity contribution < 1.29 is 14.3 Å². The van der Waals surface area contributed by atoms with Gasteiger partial charge in [-0.05, 0) is 51.8 Å². The second kappa shape index (κ2) is 12.3. The molecule has 0 saturated carbocycles. The molecule has 1 amide bonds. The van der Waals surface area contributed by atoms with Crippen molar-refractivity contribution in [3.63, 3.8) is 0 Å². The molecule has 1 fully saturated rings. The van der Waals surface area contributed by atoms with E-state index < -0.39 is 0 Å². The Morgan fingerprint density at radius 3 is 2.77 bits per heavy atom. The summed E-state index contributed by atoms with van der Waals surface area (Å²) in [5.41, 5.74) is 0.881. The van der Waals surface area contributed by atoms with Gasteiger partial charge in [0.2, 0.25) is 5.91 Å². The van der Waals surface area contributed by atoms with Crippen LogP contribution in [0.5, 0.6) is 11.5 Å². The van der Waals surface area contributed by atoms with Crippen LogP contribution >= 0.6 is 0 Å². The summed E-state index contributed by atoms with van der Waals surface area (Å²) < 4.78 is 11.0. The van der Waals surface area contributed by atoms with Gasteiger partial charge < -0.3 is 25.0 Å². The number of anilines is 1. The van der Waals surface area contributed by atoms with Crippen LogP contribution < -0.4 is 20.1 Å². The van der Waals surface area contributed by atoms with E-state index in [1.165, 1.54) is 0 Å². The number of likely N-dealkylation sites (tertiary alicyclic amines) is 1. The highest BCUT2D eigenvalue weighted by Crippen LogP contribution is 2.30. The predicted octanol–water partition coefficient (Wildman–Crippen LogP) is 2.41. The molecular weight excluding hydrogens is 382 g/mol. The molecule has 2 N–H and O–H groups in total. The van der Waals surface area contributed by atoms with E-state index in [2.05, 4.69) is 20.5 Å². The highest BCUT2D eigenvalue weighted by atomic mass is 16.5. The zero-order valence-corrected chi connectivity index (χ0v) is 19.0. The number of methoxy groups -OCH3 is 1. The summed E-state index contributed by atoms with van der Waals surface area (Å²) in [5.74, 6) is 2.34. The maximum absolute atomic E-state index is 12.3. The number of benzene rings is 1. The molecule has 1 heterocycles. The normalized spacial score (nSPS) is 17.0. The molecule has 1 aromatic carbocycles. The fraction of sp³-hybridized carbons (Fsp3) is 0.636. The van der Waals surface area contributed by atoms with E-state index in [1.807, 2.05) is 46.1 Å². The molecule has 1 unspecified atom stereocenters. The number of ether oxygens (including phenoxy) is 2. The number of likely N-dealkylation sites (N-methyl/N-ethyl adjacent to an activating group) is 1. The standard InChI is InChI=1S/C22H37N5O3/c1-6-23-22(25-17-11-12-19(30-7-2)20(16-17)29-5)24-13-9-15-27-14-8-10-18(27)21(28)26(3)4/h11-12,16,18H,6-10,13-15H2,1-5H3,(H2,23,24,25). The molecule has 2 rings (SSSR count).